The molecule has 8 N–H and O–H groups in total. The van der Waals surface area contributed by atoms with Crippen LogP contribution in [0.5, 0.6) is 5.75 Å². The summed E-state index contributed by atoms with van der Waals surface area (Å²) in [5.41, 5.74) is 7.12. The third-order valence-corrected chi connectivity index (χ3v) is 5.99. The van der Waals surface area contributed by atoms with Gasteiger partial charge in [0.1, 0.15) is 23.9 Å². The number of aliphatic hydroxyl groups excluding tert-OH is 1. The van der Waals surface area contributed by atoms with Crippen LogP contribution in [0.4, 0.5) is 0 Å². The van der Waals surface area contributed by atoms with Gasteiger partial charge in [0, 0.05) is 12.8 Å². The highest BCUT2D eigenvalue weighted by Crippen LogP contribution is 2.12. The van der Waals surface area contributed by atoms with E-state index in [0.29, 0.717) is 11.1 Å². The van der Waals surface area contributed by atoms with Crippen LogP contribution in [0.2, 0.25) is 0 Å². The van der Waals surface area contributed by atoms with Crippen LogP contribution in [0.3, 0.4) is 0 Å². The molecule has 0 spiro atoms. The number of phenolic OH excluding ortho intramolecular Hbond substituents is 1. The van der Waals surface area contributed by atoms with E-state index in [0.717, 1.165) is 0 Å². The first-order valence-electron chi connectivity index (χ1n) is 12.3. The second-order valence-corrected chi connectivity index (χ2v) is 9.52. The maximum atomic E-state index is 13.3. The molecule has 0 saturated carbocycles. The lowest BCUT2D eigenvalue weighted by molar-refractivity contribution is -0.142. The maximum absolute atomic E-state index is 13.3. The number of phenols is 1. The fraction of sp³-hybridized carbons (Fsp3) is 0.407. The van der Waals surface area contributed by atoms with Crippen LogP contribution in [0.25, 0.3) is 0 Å². The lowest BCUT2D eigenvalue weighted by atomic mass is 10.0. The standard InChI is InChI=1S/C27H36N4O7/c1-15(2)22(28)25(35)31-23(16(3)32)26(36)29-20(13-17-7-5-4-6-8-17)24(34)30-21(27(37)38)14-18-9-11-19(33)12-10-18/h4-12,15-16,20-23,32-33H,13-14,28H2,1-3H3,(H,29,36)(H,30,34)(H,31,35)(H,37,38). The summed E-state index contributed by atoms with van der Waals surface area (Å²) in [4.78, 5) is 50.7. The summed E-state index contributed by atoms with van der Waals surface area (Å²) in [7, 11) is 0. The third kappa shape index (κ3) is 9.16. The van der Waals surface area contributed by atoms with E-state index in [2.05, 4.69) is 16.0 Å². The molecule has 2 aromatic carbocycles. The Bertz CT molecular complexity index is 1090. The molecule has 11 heteroatoms. The van der Waals surface area contributed by atoms with Crippen LogP contribution in [0, 0.1) is 5.92 Å². The topological polar surface area (TPSA) is 191 Å². The Hall–Kier alpha value is -3.96. The summed E-state index contributed by atoms with van der Waals surface area (Å²) >= 11 is 0. The van der Waals surface area contributed by atoms with Crippen LogP contribution >= 0.6 is 0 Å². The van der Waals surface area contributed by atoms with Crippen molar-refractivity contribution in [3.63, 3.8) is 0 Å². The molecule has 38 heavy (non-hydrogen) atoms. The van der Waals surface area contributed by atoms with Crippen LogP contribution < -0.4 is 21.7 Å². The molecule has 0 heterocycles. The monoisotopic (exact) mass is 528 g/mol. The van der Waals surface area contributed by atoms with Crippen molar-refractivity contribution < 1.29 is 34.5 Å². The SMILES string of the molecule is CC(C)C(N)C(=O)NC(C(=O)NC(Cc1ccccc1)C(=O)NC(Cc1ccc(O)cc1)C(=O)O)C(C)O. The number of aliphatic hydroxyl groups is 1. The first-order valence-corrected chi connectivity index (χ1v) is 12.3. The van der Waals surface area contributed by atoms with Gasteiger partial charge in [-0.25, -0.2) is 4.79 Å². The molecule has 0 aliphatic rings. The number of aliphatic carboxylic acids is 1. The molecule has 11 nitrogen and oxygen atoms in total. The molecular weight excluding hydrogens is 492 g/mol. The highest BCUT2D eigenvalue weighted by Gasteiger charge is 2.33. The van der Waals surface area contributed by atoms with E-state index in [1.807, 2.05) is 0 Å². The largest absolute Gasteiger partial charge is 0.508 e. The normalized spacial score (nSPS) is 15.0. The summed E-state index contributed by atoms with van der Waals surface area (Å²) in [5, 5.41) is 36.8. The van der Waals surface area contributed by atoms with Gasteiger partial charge in [-0.2, -0.15) is 0 Å². The predicted octanol–water partition coefficient (Wildman–Crippen LogP) is 0.0805. The number of aromatic hydroxyl groups is 1. The molecule has 0 radical (unpaired) electrons. The predicted molar refractivity (Wildman–Crippen MR) is 140 cm³/mol. The summed E-state index contributed by atoms with van der Waals surface area (Å²) in [6.45, 7) is 4.79. The summed E-state index contributed by atoms with van der Waals surface area (Å²) in [5.74, 6) is -3.71. The number of carboxylic acids is 1. The van der Waals surface area contributed by atoms with Crippen molar-refractivity contribution in [3.8, 4) is 5.75 Å². The Labute approximate surface area is 221 Å². The molecule has 2 aromatic rings. The van der Waals surface area contributed by atoms with Crippen molar-refractivity contribution in [3.05, 3.63) is 65.7 Å². The quantitative estimate of drug-likeness (QED) is 0.190. The fourth-order valence-corrected chi connectivity index (χ4v) is 3.62. The number of rotatable bonds is 13. The maximum Gasteiger partial charge on any atom is 0.326 e. The first kappa shape index (κ1) is 30.3. The molecule has 0 fully saturated rings. The number of amides is 3. The highest BCUT2D eigenvalue weighted by molar-refractivity contribution is 5.94. The Kier molecular flexibility index (Phi) is 11.2. The highest BCUT2D eigenvalue weighted by atomic mass is 16.4. The molecule has 5 atom stereocenters. The van der Waals surface area contributed by atoms with Gasteiger partial charge in [-0.3, -0.25) is 14.4 Å². The summed E-state index contributed by atoms with van der Waals surface area (Å²) in [6, 6.07) is 9.82. The number of carbonyl (C=O) groups is 4. The Balaban J connectivity index is 2.24. The smallest absolute Gasteiger partial charge is 0.326 e. The van der Waals surface area contributed by atoms with Crippen LogP contribution in [-0.2, 0) is 32.0 Å². The lowest BCUT2D eigenvalue weighted by Gasteiger charge is -2.27. The summed E-state index contributed by atoms with van der Waals surface area (Å²) < 4.78 is 0. The number of benzene rings is 2. The molecule has 206 valence electrons. The van der Waals surface area contributed by atoms with E-state index >= 15 is 0 Å². The van der Waals surface area contributed by atoms with Crippen LogP contribution in [0.15, 0.2) is 54.6 Å². The fourth-order valence-electron chi connectivity index (χ4n) is 3.62. The minimum atomic E-state index is -1.40. The molecule has 0 bridgehead atoms. The summed E-state index contributed by atoms with van der Waals surface area (Å²) in [6.07, 6.45) is -1.34. The molecule has 0 aromatic heterocycles. The molecular formula is C27H36N4O7. The number of carbonyl (C=O) groups excluding carboxylic acids is 3. The molecule has 0 aliphatic carbocycles. The van der Waals surface area contributed by atoms with Gasteiger partial charge in [0.05, 0.1) is 12.1 Å². The van der Waals surface area contributed by atoms with E-state index in [1.165, 1.54) is 19.1 Å². The Morgan fingerprint density at radius 2 is 1.29 bits per heavy atom. The van der Waals surface area contributed by atoms with Gasteiger partial charge >= 0.3 is 5.97 Å². The van der Waals surface area contributed by atoms with E-state index in [9.17, 15) is 34.5 Å². The van der Waals surface area contributed by atoms with Gasteiger partial charge in [-0.15, -0.1) is 0 Å². The number of carboxylic acid groups (broad SMARTS) is 1. The van der Waals surface area contributed by atoms with Crippen molar-refractivity contribution in [2.24, 2.45) is 11.7 Å². The van der Waals surface area contributed by atoms with E-state index in [4.69, 9.17) is 5.73 Å². The Morgan fingerprint density at radius 3 is 1.82 bits per heavy atom. The number of nitrogens with two attached hydrogens (primary N) is 1. The average molecular weight is 529 g/mol. The van der Waals surface area contributed by atoms with Gasteiger partial charge in [-0.1, -0.05) is 56.3 Å². The van der Waals surface area contributed by atoms with Gasteiger partial charge in [-0.05, 0) is 36.1 Å². The van der Waals surface area contributed by atoms with Crippen molar-refractivity contribution >= 4 is 23.7 Å². The number of nitrogens with one attached hydrogen (secondary N) is 3. The zero-order valence-electron chi connectivity index (χ0n) is 21.6. The minimum absolute atomic E-state index is 0.0180. The number of hydrogen-bond acceptors (Lipinski definition) is 7. The minimum Gasteiger partial charge on any atom is -0.508 e. The lowest BCUT2D eigenvalue weighted by Crippen LogP contribution is -2.60. The van der Waals surface area contributed by atoms with Gasteiger partial charge in [0.2, 0.25) is 17.7 Å². The molecule has 0 saturated heterocycles. The van der Waals surface area contributed by atoms with Gasteiger partial charge in [0.15, 0.2) is 0 Å². The molecule has 0 aliphatic heterocycles. The van der Waals surface area contributed by atoms with Gasteiger partial charge < -0.3 is 37.0 Å². The van der Waals surface area contributed by atoms with Crippen molar-refractivity contribution in [1.82, 2.24) is 16.0 Å². The van der Waals surface area contributed by atoms with Crippen LogP contribution in [0.1, 0.15) is 31.9 Å². The van der Waals surface area contributed by atoms with Crippen molar-refractivity contribution in [2.75, 3.05) is 0 Å². The van der Waals surface area contributed by atoms with Crippen molar-refractivity contribution in [1.29, 1.82) is 0 Å². The zero-order valence-corrected chi connectivity index (χ0v) is 21.6. The second-order valence-electron chi connectivity index (χ2n) is 9.52. The average Bonchev–Trinajstić information content (AvgIpc) is 2.87. The van der Waals surface area contributed by atoms with Crippen LogP contribution in [-0.4, -0.2) is 69.3 Å². The van der Waals surface area contributed by atoms with E-state index in [1.54, 1.807) is 56.3 Å². The molecule has 3 amide bonds. The first-order chi connectivity index (χ1) is 17.9. The zero-order chi connectivity index (χ0) is 28.4. The molecule has 5 unspecified atom stereocenters. The third-order valence-electron chi connectivity index (χ3n) is 5.99. The molecule has 2 rings (SSSR count). The van der Waals surface area contributed by atoms with Gasteiger partial charge in [0.25, 0.3) is 0 Å². The Morgan fingerprint density at radius 1 is 0.763 bits per heavy atom. The van der Waals surface area contributed by atoms with E-state index < -0.39 is 54.0 Å². The number of hydrogen-bond donors (Lipinski definition) is 7. The second kappa shape index (κ2) is 14.1. The van der Waals surface area contributed by atoms with E-state index in [-0.39, 0.29) is 24.5 Å². The van der Waals surface area contributed by atoms with Crippen molar-refractivity contribution in [2.45, 2.75) is 63.9 Å².